The molecule has 7 heterocycles. The molecule has 2 atom stereocenters. The van der Waals surface area contributed by atoms with Crippen LogP contribution in [0, 0.1) is 12.3 Å². The molecular formula is C32H28N6OS. The lowest BCUT2D eigenvalue weighted by Crippen LogP contribution is -2.41. The average Bonchev–Trinajstić information content (AvgIpc) is 3.73. The van der Waals surface area contributed by atoms with Crippen molar-refractivity contribution in [3.8, 4) is 10.6 Å². The lowest BCUT2D eigenvalue weighted by molar-refractivity contribution is -0.126. The van der Waals surface area contributed by atoms with Crippen LogP contribution in [0.4, 0.5) is 0 Å². The van der Waals surface area contributed by atoms with Gasteiger partial charge in [0.15, 0.2) is 5.78 Å². The zero-order valence-corrected chi connectivity index (χ0v) is 23.5. The Morgan fingerprint density at radius 1 is 0.925 bits per heavy atom. The molecule has 3 aromatic rings. The molecule has 1 saturated heterocycles. The van der Waals surface area contributed by atoms with Crippen LogP contribution in [0.25, 0.3) is 22.7 Å². The molecule has 8 bridgehead atoms. The van der Waals surface area contributed by atoms with Crippen LogP contribution < -0.4 is 16.0 Å². The summed E-state index contributed by atoms with van der Waals surface area (Å²) in [5.74, 6) is 0.0860. The Kier molecular flexibility index (Phi) is 5.25. The van der Waals surface area contributed by atoms with Crippen LogP contribution in [-0.2, 0) is 10.3 Å². The molecule has 0 amide bonds. The van der Waals surface area contributed by atoms with Crippen LogP contribution >= 0.6 is 11.3 Å². The smallest absolute Gasteiger partial charge is 0.173 e. The van der Waals surface area contributed by atoms with E-state index < -0.39 is 16.5 Å². The van der Waals surface area contributed by atoms with Crippen molar-refractivity contribution in [2.24, 2.45) is 15.4 Å². The summed E-state index contributed by atoms with van der Waals surface area (Å²) in [6.07, 6.45) is 19.8. The minimum Gasteiger partial charge on any atom is -0.373 e. The van der Waals surface area contributed by atoms with Crippen LogP contribution in [0.2, 0.25) is 0 Å². The lowest BCUT2D eigenvalue weighted by Gasteiger charge is -2.24. The van der Waals surface area contributed by atoms with E-state index in [1.165, 1.54) is 0 Å². The topological polar surface area (TPSA) is 95.4 Å². The summed E-state index contributed by atoms with van der Waals surface area (Å²) in [4.78, 5) is 37.4. The van der Waals surface area contributed by atoms with Crippen LogP contribution in [-0.4, -0.2) is 37.7 Å². The van der Waals surface area contributed by atoms with Crippen molar-refractivity contribution >= 4 is 40.7 Å². The second kappa shape index (κ2) is 8.53. The standard InChI is InChI=1S/C32H28N6OS/c1-19-13-20(10-12-33-19)28-34-18-27(40-28)32-11-9-24(37-32)15-23-6-5-21(35-23)14-22-7-8-25(36-22)16-31(4)29(39)30(2,3)26(17-32)38-31/h5-18,35,38H,1-4H3. The van der Waals surface area contributed by atoms with Gasteiger partial charge >= 0.3 is 0 Å². The van der Waals surface area contributed by atoms with E-state index in [2.05, 4.69) is 27.4 Å². The molecule has 2 unspecified atom stereocenters. The van der Waals surface area contributed by atoms with E-state index in [0.717, 1.165) is 54.7 Å². The van der Waals surface area contributed by atoms with Gasteiger partial charge in [-0.3, -0.25) is 14.8 Å². The van der Waals surface area contributed by atoms with Gasteiger partial charge in [-0.2, -0.15) is 0 Å². The molecule has 3 aromatic heterocycles. The number of carbonyl (C=O) groups excluding carboxylic acids is 1. The SMILES string of the molecule is Cc1cc(-c2ncc(C34C=CC(=N3)C=c3ccc([nH]3)=CC3=NC(=CC5(C)NC(=C4)C(C)(C)C5=O)C=C3)s2)ccn1. The number of hydrogen-bond donors (Lipinski definition) is 2. The Morgan fingerprint density at radius 3 is 2.52 bits per heavy atom. The molecule has 1 fully saturated rings. The van der Waals surface area contributed by atoms with E-state index in [1.54, 1.807) is 17.5 Å². The highest BCUT2D eigenvalue weighted by molar-refractivity contribution is 7.15. The van der Waals surface area contributed by atoms with E-state index in [-0.39, 0.29) is 5.78 Å². The molecule has 0 aliphatic carbocycles. The number of allylic oxidation sites excluding steroid dienone is 4. The minimum atomic E-state index is -0.916. The van der Waals surface area contributed by atoms with E-state index in [0.29, 0.717) is 0 Å². The van der Waals surface area contributed by atoms with Crippen LogP contribution in [0.5, 0.6) is 0 Å². The molecule has 0 spiro atoms. The number of pyridine rings is 1. The Hall–Kier alpha value is -4.43. The number of H-pyrrole nitrogens is 1. The number of Topliss-reactive ketones (excluding diaryl/α,β-unsaturated/α-hetero) is 1. The van der Waals surface area contributed by atoms with Gasteiger partial charge in [-0.25, -0.2) is 9.98 Å². The van der Waals surface area contributed by atoms with Gasteiger partial charge in [0, 0.05) is 40.0 Å². The monoisotopic (exact) mass is 544 g/mol. The number of nitrogens with zero attached hydrogens (tertiary/aromatic N) is 4. The van der Waals surface area contributed by atoms with Crippen molar-refractivity contribution in [3.05, 3.63) is 106 Å². The first kappa shape index (κ1) is 24.6. The molecule has 198 valence electrons. The maximum absolute atomic E-state index is 13.9. The fraction of sp³-hybridized carbons (Fsp3) is 0.219. The van der Waals surface area contributed by atoms with Crippen molar-refractivity contribution in [2.45, 2.75) is 38.8 Å². The zero-order valence-electron chi connectivity index (χ0n) is 22.7. The molecule has 7 rings (SSSR count). The van der Waals surface area contributed by atoms with E-state index >= 15 is 0 Å². The van der Waals surface area contributed by atoms with Crippen molar-refractivity contribution in [1.82, 2.24) is 20.3 Å². The highest BCUT2D eigenvalue weighted by Gasteiger charge is 2.52. The molecule has 2 N–H and O–H groups in total. The molecule has 40 heavy (non-hydrogen) atoms. The fourth-order valence-electron chi connectivity index (χ4n) is 5.71. The number of aryl methyl sites for hydroxylation is 1. The quantitative estimate of drug-likeness (QED) is 0.509. The number of carbonyl (C=O) groups is 1. The maximum Gasteiger partial charge on any atom is 0.173 e. The summed E-state index contributed by atoms with van der Waals surface area (Å²) >= 11 is 1.60. The number of nitrogens with one attached hydrogen (secondary N) is 2. The van der Waals surface area contributed by atoms with Crippen LogP contribution in [0.3, 0.4) is 0 Å². The predicted octanol–water partition coefficient (Wildman–Crippen LogP) is 4.06. The third-order valence-electron chi connectivity index (χ3n) is 7.80. The summed E-state index contributed by atoms with van der Waals surface area (Å²) in [6.45, 7) is 7.84. The first-order valence-electron chi connectivity index (χ1n) is 13.2. The Labute approximate surface area is 235 Å². The first-order chi connectivity index (χ1) is 19.1. The van der Waals surface area contributed by atoms with Crippen molar-refractivity contribution in [2.75, 3.05) is 0 Å². The zero-order chi connectivity index (χ0) is 27.7. The average molecular weight is 545 g/mol. The number of rotatable bonds is 2. The van der Waals surface area contributed by atoms with Gasteiger partial charge in [0.25, 0.3) is 0 Å². The van der Waals surface area contributed by atoms with Gasteiger partial charge in [0.05, 0.1) is 27.4 Å². The van der Waals surface area contributed by atoms with E-state index in [4.69, 9.17) is 15.0 Å². The maximum atomic E-state index is 13.9. The molecule has 0 radical (unpaired) electrons. The second-order valence-corrected chi connectivity index (χ2v) is 12.4. The van der Waals surface area contributed by atoms with Crippen LogP contribution in [0.1, 0.15) is 31.3 Å². The van der Waals surface area contributed by atoms with Crippen molar-refractivity contribution in [3.63, 3.8) is 0 Å². The summed E-state index contributed by atoms with van der Waals surface area (Å²) in [5.41, 5.74) is 2.71. The summed E-state index contributed by atoms with van der Waals surface area (Å²) in [6, 6.07) is 8.08. The molecule has 7 nitrogen and oxygen atoms in total. The number of aromatic amines is 1. The molecule has 4 aliphatic heterocycles. The second-order valence-electron chi connectivity index (χ2n) is 11.3. The van der Waals surface area contributed by atoms with Crippen molar-refractivity contribution in [1.29, 1.82) is 0 Å². The Bertz CT molecular complexity index is 1910. The first-order valence-corrected chi connectivity index (χ1v) is 14.1. The van der Waals surface area contributed by atoms with Gasteiger partial charge in [0.1, 0.15) is 16.1 Å². The fourth-order valence-corrected chi connectivity index (χ4v) is 6.71. The molecule has 0 aromatic carbocycles. The number of aromatic nitrogens is 3. The van der Waals surface area contributed by atoms with E-state index in [9.17, 15) is 4.79 Å². The van der Waals surface area contributed by atoms with Gasteiger partial charge in [-0.05, 0) is 101 Å². The predicted molar refractivity (Wildman–Crippen MR) is 160 cm³/mol. The number of hydrogen-bond acceptors (Lipinski definition) is 7. The largest absolute Gasteiger partial charge is 0.373 e. The minimum absolute atomic E-state index is 0.0860. The number of fused-ring (bicyclic) bond motifs is 6. The molecule has 8 heteroatoms. The number of thiazole rings is 1. The van der Waals surface area contributed by atoms with Gasteiger partial charge in [0.2, 0.25) is 0 Å². The van der Waals surface area contributed by atoms with Crippen LogP contribution in [0.15, 0.2) is 94.5 Å². The lowest BCUT2D eigenvalue weighted by atomic mass is 9.80. The molecule has 4 aliphatic rings. The van der Waals surface area contributed by atoms with Gasteiger partial charge in [-0.15, -0.1) is 11.3 Å². The number of aliphatic imine (C=N–C) groups is 2. The molecular weight excluding hydrogens is 516 g/mol. The normalized spacial score (nSPS) is 25.9. The Morgan fingerprint density at radius 2 is 1.73 bits per heavy atom. The van der Waals surface area contributed by atoms with E-state index in [1.807, 2.05) is 94.6 Å². The third kappa shape index (κ3) is 3.98. The van der Waals surface area contributed by atoms with Gasteiger partial charge in [-0.1, -0.05) is 0 Å². The number of ketones is 1. The summed E-state index contributed by atoms with van der Waals surface area (Å²) < 4.78 is 0. The highest BCUT2D eigenvalue weighted by Crippen LogP contribution is 2.45. The highest BCUT2D eigenvalue weighted by atomic mass is 32.1. The molecule has 0 saturated carbocycles. The van der Waals surface area contributed by atoms with Gasteiger partial charge < -0.3 is 10.3 Å². The summed E-state index contributed by atoms with van der Waals surface area (Å²) in [5, 5.41) is 6.37. The third-order valence-corrected chi connectivity index (χ3v) is 8.98. The van der Waals surface area contributed by atoms with Crippen molar-refractivity contribution < 1.29 is 4.79 Å². The Balaban J connectivity index is 1.44. The summed E-state index contributed by atoms with van der Waals surface area (Å²) in [7, 11) is 0.